The molecule has 2 aliphatic heterocycles. The molecule has 1 aliphatic carbocycles. The summed E-state index contributed by atoms with van der Waals surface area (Å²) in [5, 5.41) is 12.8. The lowest BCUT2D eigenvalue weighted by molar-refractivity contribution is -0.155. The molecule has 2 heterocycles. The number of para-hydroxylation sites is 1. The number of hydrogen-bond acceptors (Lipinski definition) is 4. The van der Waals surface area contributed by atoms with Gasteiger partial charge in [-0.3, -0.25) is 0 Å². The van der Waals surface area contributed by atoms with Gasteiger partial charge in [-0.05, 0) is 24.6 Å². The van der Waals surface area contributed by atoms with Gasteiger partial charge in [-0.2, -0.15) is 13.2 Å². The van der Waals surface area contributed by atoms with Gasteiger partial charge in [0.05, 0.1) is 30.5 Å². The van der Waals surface area contributed by atoms with E-state index in [4.69, 9.17) is 9.47 Å². The topological polar surface area (TPSA) is 50.7 Å². The van der Waals surface area contributed by atoms with Crippen molar-refractivity contribution in [2.75, 3.05) is 18.5 Å². The Morgan fingerprint density at radius 3 is 2.72 bits per heavy atom. The first-order chi connectivity index (χ1) is 11.9. The standard InChI is InChI=1S/C18H18F3NO3/c19-18(20,21)13-6-2-5-12-15(13)22-14(10-3-1-4-11(23)9-10)17-16(12)24-7-8-25-17/h1-2,4-6,9-10,14,16-17,22-23H,3,7-8H2/t10?,14-,16+,17-/m0/s1. The van der Waals surface area contributed by atoms with Crippen molar-refractivity contribution in [1.82, 2.24) is 0 Å². The number of anilines is 1. The van der Waals surface area contributed by atoms with Gasteiger partial charge in [0.25, 0.3) is 0 Å². The average molecular weight is 353 g/mol. The maximum absolute atomic E-state index is 13.5. The van der Waals surface area contributed by atoms with Crippen LogP contribution in [-0.4, -0.2) is 30.5 Å². The van der Waals surface area contributed by atoms with Gasteiger partial charge in [-0.1, -0.05) is 18.2 Å². The van der Waals surface area contributed by atoms with Crippen molar-refractivity contribution in [3.8, 4) is 0 Å². The minimum atomic E-state index is -4.46. The first kappa shape index (κ1) is 16.5. The minimum Gasteiger partial charge on any atom is -0.508 e. The molecule has 0 spiro atoms. The molecule has 25 heavy (non-hydrogen) atoms. The van der Waals surface area contributed by atoms with Crippen LogP contribution in [0.2, 0.25) is 0 Å². The number of allylic oxidation sites excluding steroid dienone is 2. The maximum atomic E-state index is 13.5. The Morgan fingerprint density at radius 1 is 1.16 bits per heavy atom. The molecule has 2 N–H and O–H groups in total. The highest BCUT2D eigenvalue weighted by molar-refractivity contribution is 5.63. The minimum absolute atomic E-state index is 0.0502. The third kappa shape index (κ3) is 2.91. The summed E-state index contributed by atoms with van der Waals surface area (Å²) in [7, 11) is 0. The van der Waals surface area contributed by atoms with Gasteiger partial charge in [0, 0.05) is 11.5 Å². The first-order valence-corrected chi connectivity index (χ1v) is 8.22. The molecule has 3 aliphatic rings. The molecule has 0 radical (unpaired) electrons. The van der Waals surface area contributed by atoms with E-state index in [1.165, 1.54) is 6.07 Å². The normalized spacial score (nSPS) is 31.6. The summed E-state index contributed by atoms with van der Waals surface area (Å²) in [6.45, 7) is 0.737. The Hall–Kier alpha value is -1.99. The van der Waals surface area contributed by atoms with Gasteiger partial charge in [0.15, 0.2) is 0 Å². The monoisotopic (exact) mass is 353 g/mol. The second-order valence-corrected chi connectivity index (χ2v) is 6.46. The number of alkyl halides is 3. The summed E-state index contributed by atoms with van der Waals surface area (Å²) in [6, 6.07) is 3.69. The Bertz CT molecular complexity index is 729. The molecule has 1 aromatic carbocycles. The lowest BCUT2D eigenvalue weighted by Crippen LogP contribution is -2.51. The van der Waals surface area contributed by atoms with Crippen molar-refractivity contribution in [2.45, 2.75) is 30.8 Å². The second-order valence-electron chi connectivity index (χ2n) is 6.46. The van der Waals surface area contributed by atoms with Gasteiger partial charge in [0.2, 0.25) is 0 Å². The molecule has 0 aromatic heterocycles. The molecule has 0 bridgehead atoms. The fraction of sp³-hybridized carbons (Fsp3) is 0.444. The lowest BCUT2D eigenvalue weighted by atomic mass is 9.81. The Labute approximate surface area is 142 Å². The molecule has 1 aromatic rings. The van der Waals surface area contributed by atoms with Gasteiger partial charge in [-0.25, -0.2) is 0 Å². The van der Waals surface area contributed by atoms with Crippen molar-refractivity contribution in [2.24, 2.45) is 5.92 Å². The molecule has 1 saturated heterocycles. The van der Waals surface area contributed by atoms with Crippen LogP contribution >= 0.6 is 0 Å². The number of benzene rings is 1. The molecule has 0 amide bonds. The molecule has 4 atom stereocenters. The van der Waals surface area contributed by atoms with Crippen molar-refractivity contribution < 1.29 is 27.8 Å². The highest BCUT2D eigenvalue weighted by atomic mass is 19.4. The van der Waals surface area contributed by atoms with E-state index in [-0.39, 0.29) is 17.4 Å². The molecule has 134 valence electrons. The summed E-state index contributed by atoms with van der Waals surface area (Å²) in [6.07, 6.45) is 0.237. The largest absolute Gasteiger partial charge is 0.508 e. The molecule has 4 rings (SSSR count). The lowest BCUT2D eigenvalue weighted by Gasteiger charge is -2.45. The van der Waals surface area contributed by atoms with Crippen LogP contribution < -0.4 is 5.32 Å². The number of fused-ring (bicyclic) bond motifs is 3. The maximum Gasteiger partial charge on any atom is 0.418 e. The third-order valence-electron chi connectivity index (χ3n) is 4.91. The summed E-state index contributed by atoms with van der Waals surface area (Å²) in [4.78, 5) is 0. The Morgan fingerprint density at radius 2 is 1.96 bits per heavy atom. The number of aliphatic hydroxyl groups excluding tert-OH is 1. The van der Waals surface area contributed by atoms with Crippen molar-refractivity contribution in [3.63, 3.8) is 0 Å². The summed E-state index contributed by atoms with van der Waals surface area (Å²) >= 11 is 0. The van der Waals surface area contributed by atoms with Crippen molar-refractivity contribution in [1.29, 1.82) is 0 Å². The number of rotatable bonds is 1. The quantitative estimate of drug-likeness (QED) is 0.802. The average Bonchev–Trinajstić information content (AvgIpc) is 2.59. The van der Waals surface area contributed by atoms with E-state index in [1.54, 1.807) is 18.2 Å². The van der Waals surface area contributed by atoms with Crippen LogP contribution in [-0.2, 0) is 15.7 Å². The van der Waals surface area contributed by atoms with E-state index in [1.807, 2.05) is 6.08 Å². The first-order valence-electron chi connectivity index (χ1n) is 8.22. The van der Waals surface area contributed by atoms with Crippen molar-refractivity contribution >= 4 is 5.69 Å². The van der Waals surface area contributed by atoms with E-state index in [0.717, 1.165) is 6.07 Å². The summed E-state index contributed by atoms with van der Waals surface area (Å²) in [5.74, 6) is -0.0742. The number of halogens is 3. The number of ether oxygens (including phenoxy) is 2. The zero-order valence-electron chi connectivity index (χ0n) is 13.3. The Balaban J connectivity index is 1.78. The number of nitrogens with one attached hydrogen (secondary N) is 1. The number of hydrogen-bond donors (Lipinski definition) is 2. The van der Waals surface area contributed by atoms with Crippen LogP contribution in [0, 0.1) is 5.92 Å². The third-order valence-corrected chi connectivity index (χ3v) is 4.91. The van der Waals surface area contributed by atoms with Crippen LogP contribution in [0.15, 0.2) is 42.2 Å². The molecular formula is C18H18F3NO3. The number of aliphatic hydroxyl groups is 1. The van der Waals surface area contributed by atoms with Crippen LogP contribution in [0.3, 0.4) is 0 Å². The Kier molecular flexibility index (Phi) is 4.00. The SMILES string of the molecule is OC1=CC([C@@H]2Nc3c(cccc3C(F)(F)F)[C@H]3OCCO[C@H]32)CC=C1. The predicted molar refractivity (Wildman–Crippen MR) is 85.2 cm³/mol. The molecule has 4 nitrogen and oxygen atoms in total. The van der Waals surface area contributed by atoms with Gasteiger partial charge in [0.1, 0.15) is 18.0 Å². The summed E-state index contributed by atoms with van der Waals surface area (Å²) in [5.41, 5.74) is -0.188. The van der Waals surface area contributed by atoms with Gasteiger partial charge >= 0.3 is 6.18 Å². The second kappa shape index (κ2) is 6.07. The van der Waals surface area contributed by atoms with Gasteiger partial charge < -0.3 is 19.9 Å². The van der Waals surface area contributed by atoms with E-state index in [0.29, 0.717) is 25.2 Å². The fourth-order valence-corrected chi connectivity index (χ4v) is 3.84. The van der Waals surface area contributed by atoms with E-state index < -0.39 is 30.0 Å². The van der Waals surface area contributed by atoms with Crippen LogP contribution in [0.25, 0.3) is 0 Å². The highest BCUT2D eigenvalue weighted by Gasteiger charge is 2.46. The zero-order valence-corrected chi connectivity index (χ0v) is 13.3. The molecule has 1 unspecified atom stereocenters. The molecule has 1 fully saturated rings. The zero-order chi connectivity index (χ0) is 17.6. The molecule has 0 saturated carbocycles. The van der Waals surface area contributed by atoms with Crippen LogP contribution in [0.4, 0.5) is 18.9 Å². The van der Waals surface area contributed by atoms with Crippen molar-refractivity contribution in [3.05, 3.63) is 53.3 Å². The van der Waals surface area contributed by atoms with Gasteiger partial charge in [-0.15, -0.1) is 0 Å². The van der Waals surface area contributed by atoms with E-state index in [2.05, 4.69) is 5.32 Å². The van der Waals surface area contributed by atoms with E-state index >= 15 is 0 Å². The predicted octanol–water partition coefficient (Wildman–Crippen LogP) is 3.97. The van der Waals surface area contributed by atoms with Crippen LogP contribution in [0.1, 0.15) is 23.7 Å². The molecule has 7 heteroatoms. The smallest absolute Gasteiger partial charge is 0.418 e. The van der Waals surface area contributed by atoms with Crippen LogP contribution in [0.5, 0.6) is 0 Å². The highest BCUT2D eigenvalue weighted by Crippen LogP contribution is 2.46. The molecular weight excluding hydrogens is 335 g/mol. The fourth-order valence-electron chi connectivity index (χ4n) is 3.84. The van der Waals surface area contributed by atoms with E-state index in [9.17, 15) is 18.3 Å². The summed E-state index contributed by atoms with van der Waals surface area (Å²) < 4.78 is 52.0.